The van der Waals surface area contributed by atoms with Crippen molar-refractivity contribution in [3.63, 3.8) is 0 Å². The van der Waals surface area contributed by atoms with Crippen LogP contribution in [0.3, 0.4) is 0 Å². The van der Waals surface area contributed by atoms with Crippen LogP contribution in [-0.2, 0) is 21.9 Å². The maximum absolute atomic E-state index is 13.1. The van der Waals surface area contributed by atoms with E-state index in [1.165, 1.54) is 17.8 Å². The van der Waals surface area contributed by atoms with Crippen LogP contribution in [0.25, 0.3) is 0 Å². The highest BCUT2D eigenvalue weighted by molar-refractivity contribution is 7.99. The van der Waals surface area contributed by atoms with Crippen molar-refractivity contribution in [2.45, 2.75) is 28.8 Å². The average Bonchev–Trinajstić information content (AvgIpc) is 3.07. The van der Waals surface area contributed by atoms with Gasteiger partial charge in [0.05, 0.1) is 10.6 Å². The van der Waals surface area contributed by atoms with Crippen LogP contribution >= 0.6 is 11.8 Å². The number of anilines is 1. The van der Waals surface area contributed by atoms with E-state index in [1.54, 1.807) is 44.3 Å². The Hall–Kier alpha value is -2.98. The van der Waals surface area contributed by atoms with Gasteiger partial charge in [-0.2, -0.15) is 0 Å². The fourth-order valence-electron chi connectivity index (χ4n) is 2.84. The van der Waals surface area contributed by atoms with E-state index in [0.29, 0.717) is 21.7 Å². The van der Waals surface area contributed by atoms with E-state index in [0.717, 1.165) is 5.16 Å². The Labute approximate surface area is 179 Å². The van der Waals surface area contributed by atoms with Gasteiger partial charge in [-0.15, -0.1) is 0 Å². The summed E-state index contributed by atoms with van der Waals surface area (Å²) < 4.78 is 36.0. The Morgan fingerprint density at radius 2 is 1.97 bits per heavy atom. The first-order valence-corrected chi connectivity index (χ1v) is 11.2. The number of hydrogen-bond donors (Lipinski definition) is 2. The minimum Gasteiger partial charge on any atom is -0.481 e. The van der Waals surface area contributed by atoms with Gasteiger partial charge in [-0.05, 0) is 49.4 Å². The molecule has 0 aliphatic carbocycles. The molecule has 0 atom stereocenters. The molecule has 0 saturated carbocycles. The number of carboxylic acids is 1. The second-order valence-electron chi connectivity index (χ2n) is 6.54. The predicted molar refractivity (Wildman–Crippen MR) is 114 cm³/mol. The predicted octanol–water partition coefficient (Wildman–Crippen LogP) is 3.45. The fraction of sp³-hybridized carbons (Fsp3) is 0.200. The Morgan fingerprint density at radius 1 is 1.23 bits per heavy atom. The SMILES string of the molecule is Cc1ccc(S(=O)(=O)Nc2ccccc2Sc2nccn2C)c(C)c1OCC(=O)O. The molecule has 0 saturated heterocycles. The number of carbonyl (C=O) groups is 1. The molecule has 2 aromatic carbocycles. The van der Waals surface area contributed by atoms with Gasteiger partial charge in [0, 0.05) is 29.9 Å². The maximum Gasteiger partial charge on any atom is 0.341 e. The van der Waals surface area contributed by atoms with E-state index in [4.69, 9.17) is 9.84 Å². The molecule has 10 heteroatoms. The Morgan fingerprint density at radius 3 is 2.63 bits per heavy atom. The Balaban J connectivity index is 1.94. The normalized spacial score (nSPS) is 11.3. The average molecular weight is 448 g/mol. The molecule has 0 fully saturated rings. The maximum atomic E-state index is 13.1. The third-order valence-electron chi connectivity index (χ3n) is 4.29. The number of nitrogens with one attached hydrogen (secondary N) is 1. The van der Waals surface area contributed by atoms with Gasteiger partial charge < -0.3 is 14.4 Å². The van der Waals surface area contributed by atoms with Crippen LogP contribution in [0, 0.1) is 13.8 Å². The van der Waals surface area contributed by atoms with Gasteiger partial charge in [0.15, 0.2) is 11.8 Å². The number of aliphatic carboxylic acids is 1. The lowest BCUT2D eigenvalue weighted by molar-refractivity contribution is -0.139. The summed E-state index contributed by atoms with van der Waals surface area (Å²) in [6, 6.07) is 10.1. The summed E-state index contributed by atoms with van der Waals surface area (Å²) in [5, 5.41) is 9.59. The second-order valence-corrected chi connectivity index (χ2v) is 9.20. The zero-order valence-electron chi connectivity index (χ0n) is 16.6. The number of imidazole rings is 1. The molecule has 8 nitrogen and oxygen atoms in total. The van der Waals surface area contributed by atoms with Gasteiger partial charge in [0.2, 0.25) is 0 Å². The van der Waals surface area contributed by atoms with Gasteiger partial charge in [0.25, 0.3) is 10.0 Å². The van der Waals surface area contributed by atoms with Gasteiger partial charge in [-0.1, -0.05) is 18.2 Å². The zero-order valence-corrected chi connectivity index (χ0v) is 18.3. The van der Waals surface area contributed by atoms with E-state index < -0.39 is 22.6 Å². The smallest absolute Gasteiger partial charge is 0.341 e. The Kier molecular flexibility index (Phi) is 6.37. The summed E-state index contributed by atoms with van der Waals surface area (Å²) in [4.78, 5) is 15.8. The summed E-state index contributed by atoms with van der Waals surface area (Å²) in [5.41, 5.74) is 1.41. The number of carboxylic acid groups (broad SMARTS) is 1. The van der Waals surface area contributed by atoms with E-state index in [-0.39, 0.29) is 10.6 Å². The molecular formula is C20H21N3O5S2. The highest BCUT2D eigenvalue weighted by Crippen LogP contribution is 2.35. The molecule has 158 valence electrons. The standard InChI is InChI=1S/C20H21N3O5S2/c1-13-8-9-17(14(2)19(13)28-12-18(24)25)30(26,27)22-15-6-4-5-7-16(15)29-20-21-10-11-23(20)3/h4-11,22H,12H2,1-3H3,(H,24,25). The molecule has 0 amide bonds. The number of benzene rings is 2. The number of aromatic nitrogens is 2. The van der Waals surface area contributed by atoms with Crippen molar-refractivity contribution in [2.24, 2.45) is 7.05 Å². The number of aryl methyl sites for hydroxylation is 2. The molecule has 0 aliphatic heterocycles. The number of para-hydroxylation sites is 1. The van der Waals surface area contributed by atoms with Gasteiger partial charge in [0.1, 0.15) is 5.75 Å². The summed E-state index contributed by atoms with van der Waals surface area (Å²) >= 11 is 1.34. The molecule has 1 heterocycles. The number of ether oxygens (including phenoxy) is 1. The van der Waals surface area contributed by atoms with Crippen LogP contribution in [0.1, 0.15) is 11.1 Å². The van der Waals surface area contributed by atoms with Gasteiger partial charge in [-0.3, -0.25) is 4.72 Å². The third kappa shape index (κ3) is 4.77. The Bertz CT molecular complexity index is 1190. The van der Waals surface area contributed by atoms with E-state index >= 15 is 0 Å². The minimum absolute atomic E-state index is 0.0188. The molecule has 3 aromatic rings. The zero-order chi connectivity index (χ0) is 21.9. The number of sulfonamides is 1. The molecule has 0 bridgehead atoms. The third-order valence-corrected chi connectivity index (χ3v) is 6.95. The lowest BCUT2D eigenvalue weighted by atomic mass is 10.1. The molecule has 30 heavy (non-hydrogen) atoms. The number of rotatable bonds is 8. The molecule has 0 radical (unpaired) electrons. The van der Waals surface area contributed by atoms with E-state index in [2.05, 4.69) is 9.71 Å². The van der Waals surface area contributed by atoms with Crippen molar-refractivity contribution >= 4 is 33.4 Å². The number of nitrogens with zero attached hydrogens (tertiary/aromatic N) is 2. The minimum atomic E-state index is -3.95. The quantitative estimate of drug-likeness (QED) is 0.544. The van der Waals surface area contributed by atoms with Crippen molar-refractivity contribution in [2.75, 3.05) is 11.3 Å². The van der Waals surface area contributed by atoms with Crippen molar-refractivity contribution in [3.05, 3.63) is 59.9 Å². The molecule has 1 aromatic heterocycles. The molecule has 0 spiro atoms. The summed E-state index contributed by atoms with van der Waals surface area (Å²) in [6.07, 6.45) is 3.48. The molecule has 0 unspecified atom stereocenters. The lowest BCUT2D eigenvalue weighted by Gasteiger charge is -2.17. The molecular weight excluding hydrogens is 426 g/mol. The van der Waals surface area contributed by atoms with Crippen molar-refractivity contribution in [3.8, 4) is 5.75 Å². The van der Waals surface area contributed by atoms with E-state index in [1.807, 2.05) is 23.9 Å². The van der Waals surface area contributed by atoms with Crippen molar-refractivity contribution < 1.29 is 23.1 Å². The van der Waals surface area contributed by atoms with Crippen LogP contribution in [-0.4, -0.2) is 35.7 Å². The molecule has 0 aliphatic rings. The van der Waals surface area contributed by atoms with Crippen LogP contribution in [0.5, 0.6) is 5.75 Å². The molecule has 2 N–H and O–H groups in total. The topological polar surface area (TPSA) is 111 Å². The first-order chi connectivity index (χ1) is 14.2. The first-order valence-electron chi connectivity index (χ1n) is 8.91. The van der Waals surface area contributed by atoms with Crippen LogP contribution in [0.4, 0.5) is 5.69 Å². The fourth-order valence-corrected chi connectivity index (χ4v) is 5.12. The lowest BCUT2D eigenvalue weighted by Crippen LogP contribution is -2.17. The van der Waals surface area contributed by atoms with Crippen LogP contribution < -0.4 is 9.46 Å². The summed E-state index contributed by atoms with van der Waals surface area (Å²) in [5.74, 6) is -0.892. The highest BCUT2D eigenvalue weighted by Gasteiger charge is 2.22. The largest absolute Gasteiger partial charge is 0.481 e. The van der Waals surface area contributed by atoms with Crippen LogP contribution in [0.15, 0.2) is 63.7 Å². The molecule has 3 rings (SSSR count). The first kappa shape index (κ1) is 21.7. The summed E-state index contributed by atoms with van der Waals surface area (Å²) in [6.45, 7) is 2.77. The highest BCUT2D eigenvalue weighted by atomic mass is 32.2. The van der Waals surface area contributed by atoms with Gasteiger partial charge >= 0.3 is 5.97 Å². The van der Waals surface area contributed by atoms with Crippen molar-refractivity contribution in [1.29, 1.82) is 0 Å². The van der Waals surface area contributed by atoms with Crippen molar-refractivity contribution in [1.82, 2.24) is 9.55 Å². The van der Waals surface area contributed by atoms with E-state index in [9.17, 15) is 13.2 Å². The summed E-state index contributed by atoms with van der Waals surface area (Å²) in [7, 11) is -2.09. The van der Waals surface area contributed by atoms with Gasteiger partial charge in [-0.25, -0.2) is 18.2 Å². The van der Waals surface area contributed by atoms with Crippen LogP contribution in [0.2, 0.25) is 0 Å². The number of hydrogen-bond acceptors (Lipinski definition) is 6. The monoisotopic (exact) mass is 447 g/mol. The second kappa shape index (κ2) is 8.80.